The van der Waals surface area contributed by atoms with E-state index < -0.39 is 0 Å². The third-order valence-corrected chi connectivity index (χ3v) is 6.56. The largest absolute Gasteiger partial charge is 0.494 e. The van der Waals surface area contributed by atoms with Crippen molar-refractivity contribution in [3.8, 4) is 22.9 Å². The quantitative estimate of drug-likeness (QED) is 0.379. The number of hydrogen-bond donors (Lipinski definition) is 1. The fourth-order valence-electron chi connectivity index (χ4n) is 4.71. The Morgan fingerprint density at radius 3 is 2.63 bits per heavy atom. The number of fused-ring (bicyclic) bond motifs is 1. The topological polar surface area (TPSA) is 60.8 Å². The van der Waals surface area contributed by atoms with Gasteiger partial charge in [-0.2, -0.15) is 0 Å². The second-order valence-corrected chi connectivity index (χ2v) is 8.65. The molecule has 35 heavy (non-hydrogen) atoms. The van der Waals surface area contributed by atoms with Gasteiger partial charge in [-0.05, 0) is 79.8 Å². The normalized spacial score (nSPS) is 18.5. The predicted molar refractivity (Wildman–Crippen MR) is 137 cm³/mol. The molecular formula is C27H24N4O3S. The smallest absolute Gasteiger partial charge is 0.231 e. The van der Waals surface area contributed by atoms with Gasteiger partial charge in [-0.25, -0.2) is 0 Å². The molecule has 0 unspecified atom stereocenters. The maximum absolute atomic E-state index is 5.87. The Hall–Kier alpha value is -4.04. The van der Waals surface area contributed by atoms with E-state index in [4.69, 9.17) is 26.4 Å². The van der Waals surface area contributed by atoms with Crippen molar-refractivity contribution < 1.29 is 14.2 Å². The third kappa shape index (κ3) is 3.85. The highest BCUT2D eigenvalue weighted by molar-refractivity contribution is 7.80. The lowest BCUT2D eigenvalue weighted by Gasteiger charge is -2.29. The Labute approximate surface area is 208 Å². The Kier molecular flexibility index (Phi) is 5.50. The van der Waals surface area contributed by atoms with Gasteiger partial charge in [0.25, 0.3) is 0 Å². The Morgan fingerprint density at radius 2 is 1.83 bits per heavy atom. The molecule has 2 aromatic carbocycles. The monoisotopic (exact) mass is 484 g/mol. The Bertz CT molecular complexity index is 1360. The van der Waals surface area contributed by atoms with Gasteiger partial charge in [0.1, 0.15) is 11.8 Å². The fraction of sp³-hybridized carbons (Fsp3) is 0.185. The van der Waals surface area contributed by atoms with Crippen LogP contribution in [0.3, 0.4) is 0 Å². The molecule has 6 rings (SSSR count). The van der Waals surface area contributed by atoms with Gasteiger partial charge in [0.2, 0.25) is 6.79 Å². The summed E-state index contributed by atoms with van der Waals surface area (Å²) in [6.45, 7) is 2.84. The van der Waals surface area contributed by atoms with Crippen molar-refractivity contribution in [2.75, 3.05) is 18.3 Å². The van der Waals surface area contributed by atoms with Crippen LogP contribution in [0.5, 0.6) is 17.2 Å². The first-order chi connectivity index (χ1) is 17.2. The van der Waals surface area contributed by atoms with Crippen LogP contribution in [0.2, 0.25) is 0 Å². The van der Waals surface area contributed by atoms with E-state index in [1.807, 2.05) is 61.7 Å². The first-order valence-electron chi connectivity index (χ1n) is 11.5. The van der Waals surface area contributed by atoms with E-state index in [1.165, 1.54) is 0 Å². The average molecular weight is 485 g/mol. The van der Waals surface area contributed by atoms with Crippen LogP contribution in [-0.4, -0.2) is 28.1 Å². The van der Waals surface area contributed by atoms with Crippen molar-refractivity contribution >= 4 is 23.0 Å². The number of thiocarbonyl (C=S) groups is 1. The van der Waals surface area contributed by atoms with Crippen LogP contribution < -0.4 is 24.4 Å². The highest BCUT2D eigenvalue weighted by Gasteiger charge is 2.42. The summed E-state index contributed by atoms with van der Waals surface area (Å²) in [7, 11) is 0. The van der Waals surface area contributed by atoms with Crippen molar-refractivity contribution in [2.24, 2.45) is 0 Å². The van der Waals surface area contributed by atoms with Crippen LogP contribution in [0.1, 0.15) is 30.4 Å². The van der Waals surface area contributed by atoms with Crippen LogP contribution in [0, 0.1) is 0 Å². The van der Waals surface area contributed by atoms with Gasteiger partial charge in [-0.1, -0.05) is 6.07 Å². The molecule has 176 valence electrons. The summed E-state index contributed by atoms with van der Waals surface area (Å²) in [6.07, 6.45) is 3.88. The standard InChI is InChI=1S/C27H24N4O3S/c1-2-32-20-11-8-18(9-12-20)30-15-5-7-22(30)26-25(21-6-3-4-14-28-21)29-27(35)31(26)19-10-13-23-24(16-19)34-17-33-23/h3-16,25-26H,2,17H2,1H3,(H,29,35)/t25-,26+/m0/s1. The molecule has 1 fully saturated rings. The zero-order valence-electron chi connectivity index (χ0n) is 19.1. The van der Waals surface area contributed by atoms with Crippen molar-refractivity contribution in [3.05, 3.63) is 96.6 Å². The third-order valence-electron chi connectivity index (χ3n) is 6.24. The highest BCUT2D eigenvalue weighted by atomic mass is 32.1. The van der Waals surface area contributed by atoms with E-state index >= 15 is 0 Å². The minimum absolute atomic E-state index is 0.148. The van der Waals surface area contributed by atoms with Crippen molar-refractivity contribution in [1.82, 2.24) is 14.9 Å². The maximum atomic E-state index is 5.87. The van der Waals surface area contributed by atoms with E-state index in [0.29, 0.717) is 17.5 Å². The molecule has 0 aliphatic carbocycles. The first-order valence-corrected chi connectivity index (χ1v) is 11.9. The van der Waals surface area contributed by atoms with Gasteiger partial charge in [-0.3, -0.25) is 4.98 Å². The van der Waals surface area contributed by atoms with Crippen LogP contribution in [0.4, 0.5) is 5.69 Å². The van der Waals surface area contributed by atoms with E-state index in [-0.39, 0.29) is 18.9 Å². The molecule has 1 saturated heterocycles. The molecule has 8 heteroatoms. The van der Waals surface area contributed by atoms with Gasteiger partial charge < -0.3 is 29.0 Å². The average Bonchev–Trinajstić information content (AvgIpc) is 3.63. The summed E-state index contributed by atoms with van der Waals surface area (Å²) >= 11 is 5.87. The number of rotatable bonds is 6. The molecule has 2 aliphatic heterocycles. The zero-order valence-corrected chi connectivity index (χ0v) is 19.9. The van der Waals surface area contributed by atoms with E-state index in [9.17, 15) is 0 Å². The molecule has 2 aromatic heterocycles. The lowest BCUT2D eigenvalue weighted by Crippen LogP contribution is -2.30. The van der Waals surface area contributed by atoms with Crippen LogP contribution >= 0.6 is 12.2 Å². The van der Waals surface area contributed by atoms with E-state index in [1.54, 1.807) is 0 Å². The summed E-state index contributed by atoms with van der Waals surface area (Å²) in [5, 5.41) is 4.15. The minimum atomic E-state index is -0.153. The van der Waals surface area contributed by atoms with Crippen molar-refractivity contribution in [1.29, 1.82) is 0 Å². The number of ether oxygens (including phenoxy) is 3. The van der Waals surface area contributed by atoms with Gasteiger partial charge in [-0.15, -0.1) is 0 Å². The molecular weight excluding hydrogens is 460 g/mol. The van der Waals surface area contributed by atoms with Gasteiger partial charge in [0.05, 0.1) is 18.3 Å². The molecule has 2 aliphatic rings. The van der Waals surface area contributed by atoms with Crippen LogP contribution in [0.25, 0.3) is 5.69 Å². The van der Waals surface area contributed by atoms with Gasteiger partial charge in [0.15, 0.2) is 16.6 Å². The van der Waals surface area contributed by atoms with Gasteiger partial charge >= 0.3 is 0 Å². The molecule has 0 amide bonds. The molecule has 4 heterocycles. The molecule has 0 saturated carbocycles. The summed E-state index contributed by atoms with van der Waals surface area (Å²) in [5.74, 6) is 2.30. The van der Waals surface area contributed by atoms with Crippen molar-refractivity contribution in [3.63, 3.8) is 0 Å². The Balaban J connectivity index is 1.46. The molecule has 0 bridgehead atoms. The number of benzene rings is 2. The summed E-state index contributed by atoms with van der Waals surface area (Å²) in [6, 6.07) is 23.9. The predicted octanol–water partition coefficient (Wildman–Crippen LogP) is 5.18. The number of nitrogens with zero attached hydrogens (tertiary/aromatic N) is 3. The lowest BCUT2D eigenvalue weighted by molar-refractivity contribution is 0.174. The second kappa shape index (κ2) is 8.96. The van der Waals surface area contributed by atoms with Gasteiger partial charge in [0, 0.05) is 35.5 Å². The fourth-order valence-corrected chi connectivity index (χ4v) is 5.05. The summed E-state index contributed by atoms with van der Waals surface area (Å²) < 4.78 is 19.0. The van der Waals surface area contributed by atoms with Crippen LogP contribution in [0.15, 0.2) is 85.2 Å². The number of pyridine rings is 1. The first kappa shape index (κ1) is 21.5. The summed E-state index contributed by atoms with van der Waals surface area (Å²) in [4.78, 5) is 6.79. The van der Waals surface area contributed by atoms with Crippen molar-refractivity contribution in [2.45, 2.75) is 19.0 Å². The number of nitrogens with one attached hydrogen (secondary N) is 1. The van der Waals surface area contributed by atoms with E-state index in [0.717, 1.165) is 34.3 Å². The molecule has 4 aromatic rings. The number of hydrogen-bond acceptors (Lipinski definition) is 5. The Morgan fingerprint density at radius 1 is 1.00 bits per heavy atom. The number of aromatic nitrogens is 2. The molecule has 0 radical (unpaired) electrons. The number of anilines is 1. The molecule has 7 nitrogen and oxygen atoms in total. The summed E-state index contributed by atoms with van der Waals surface area (Å²) in [5.41, 5.74) is 3.96. The minimum Gasteiger partial charge on any atom is -0.494 e. The maximum Gasteiger partial charge on any atom is 0.231 e. The molecule has 1 N–H and O–H groups in total. The second-order valence-electron chi connectivity index (χ2n) is 8.26. The zero-order chi connectivity index (χ0) is 23.8. The molecule has 2 atom stereocenters. The molecule has 0 spiro atoms. The van der Waals surface area contributed by atoms with E-state index in [2.05, 4.69) is 50.2 Å². The van der Waals surface area contributed by atoms with Crippen LogP contribution in [-0.2, 0) is 0 Å². The SMILES string of the molecule is CCOc1ccc(-n2cccc2[C@@H]2[C@H](c3ccccn3)NC(=S)N2c2ccc3c(c2)OCO3)cc1. The highest BCUT2D eigenvalue weighted by Crippen LogP contribution is 2.44. The lowest BCUT2D eigenvalue weighted by atomic mass is 10.0.